The molecule has 0 aromatic rings. The van der Waals surface area contributed by atoms with Crippen molar-refractivity contribution in [1.82, 2.24) is 0 Å². The normalized spacial score (nSPS) is 26.8. The van der Waals surface area contributed by atoms with Gasteiger partial charge in [-0.2, -0.15) is 0 Å². The quantitative estimate of drug-likeness (QED) is 0.673. The minimum Gasteiger partial charge on any atom is -0.487 e. The standard InChI is InChI=1S/C9H9ClO2/c10-8-4-6(5-11)12-9-3-1-2-7(8)9/h1-3,6,11H,4-5H2. The summed E-state index contributed by atoms with van der Waals surface area (Å²) < 4.78 is 5.44. The Balaban J connectivity index is 2.29. The molecule has 1 atom stereocenters. The van der Waals surface area contributed by atoms with Crippen LogP contribution in [0.15, 0.2) is 34.6 Å². The summed E-state index contributed by atoms with van der Waals surface area (Å²) in [5.74, 6) is 0.783. The Morgan fingerprint density at radius 2 is 2.50 bits per heavy atom. The van der Waals surface area contributed by atoms with E-state index in [-0.39, 0.29) is 12.7 Å². The van der Waals surface area contributed by atoms with E-state index in [1.807, 2.05) is 18.2 Å². The maximum atomic E-state index is 8.87. The fraction of sp³-hybridized carbons (Fsp3) is 0.333. The summed E-state index contributed by atoms with van der Waals surface area (Å²) in [6, 6.07) is 0. The molecule has 1 aliphatic heterocycles. The summed E-state index contributed by atoms with van der Waals surface area (Å²) in [6.07, 6.45) is 6.11. The molecule has 64 valence electrons. The van der Waals surface area contributed by atoms with Gasteiger partial charge in [-0.15, -0.1) is 0 Å². The summed E-state index contributed by atoms with van der Waals surface area (Å²) >= 11 is 5.99. The van der Waals surface area contributed by atoms with Crippen molar-refractivity contribution in [1.29, 1.82) is 0 Å². The second-order valence-corrected chi connectivity index (χ2v) is 3.29. The van der Waals surface area contributed by atoms with Gasteiger partial charge in [-0.25, -0.2) is 0 Å². The van der Waals surface area contributed by atoms with E-state index < -0.39 is 0 Å². The van der Waals surface area contributed by atoms with Crippen LogP contribution in [0.3, 0.4) is 0 Å². The predicted molar refractivity (Wildman–Crippen MR) is 46.7 cm³/mol. The summed E-state index contributed by atoms with van der Waals surface area (Å²) in [5, 5.41) is 9.65. The van der Waals surface area contributed by atoms with Gasteiger partial charge in [-0.05, 0) is 12.2 Å². The largest absolute Gasteiger partial charge is 0.487 e. The van der Waals surface area contributed by atoms with Gasteiger partial charge in [0.05, 0.1) is 6.61 Å². The van der Waals surface area contributed by atoms with Crippen LogP contribution in [0.4, 0.5) is 0 Å². The van der Waals surface area contributed by atoms with Crippen molar-refractivity contribution in [3.05, 3.63) is 34.6 Å². The number of allylic oxidation sites excluding steroid dienone is 3. The molecule has 12 heavy (non-hydrogen) atoms. The van der Waals surface area contributed by atoms with Crippen LogP contribution in [0, 0.1) is 0 Å². The van der Waals surface area contributed by atoms with E-state index in [0.29, 0.717) is 6.42 Å². The van der Waals surface area contributed by atoms with Gasteiger partial charge in [0.25, 0.3) is 0 Å². The van der Waals surface area contributed by atoms with E-state index in [9.17, 15) is 0 Å². The van der Waals surface area contributed by atoms with Crippen LogP contribution >= 0.6 is 11.6 Å². The highest BCUT2D eigenvalue weighted by molar-refractivity contribution is 6.30. The molecule has 0 amide bonds. The van der Waals surface area contributed by atoms with Crippen LogP contribution in [0.5, 0.6) is 0 Å². The molecule has 0 saturated heterocycles. The zero-order valence-corrected chi connectivity index (χ0v) is 7.21. The second kappa shape index (κ2) is 2.96. The molecule has 0 saturated carbocycles. The second-order valence-electron chi connectivity index (χ2n) is 2.84. The number of rotatable bonds is 1. The molecule has 2 nitrogen and oxygen atoms in total. The maximum Gasteiger partial charge on any atom is 0.128 e. The third kappa shape index (κ3) is 1.17. The molecule has 1 unspecified atom stereocenters. The van der Waals surface area contributed by atoms with E-state index in [4.69, 9.17) is 21.4 Å². The molecule has 0 spiro atoms. The Kier molecular flexibility index (Phi) is 1.95. The van der Waals surface area contributed by atoms with E-state index in [1.54, 1.807) is 0 Å². The van der Waals surface area contributed by atoms with Crippen molar-refractivity contribution >= 4 is 11.6 Å². The molecule has 0 radical (unpaired) electrons. The van der Waals surface area contributed by atoms with E-state index >= 15 is 0 Å². The molecule has 0 aromatic carbocycles. The van der Waals surface area contributed by atoms with Crippen LogP contribution in [0.2, 0.25) is 0 Å². The highest BCUT2D eigenvalue weighted by Crippen LogP contribution is 2.34. The van der Waals surface area contributed by atoms with Crippen LogP contribution in [0.25, 0.3) is 0 Å². The van der Waals surface area contributed by atoms with Crippen LogP contribution in [-0.2, 0) is 4.74 Å². The Morgan fingerprint density at radius 3 is 3.25 bits per heavy atom. The number of hydrogen-bond donors (Lipinski definition) is 1. The molecule has 0 fully saturated rings. The van der Waals surface area contributed by atoms with Crippen molar-refractivity contribution in [2.45, 2.75) is 12.5 Å². The molecule has 3 heteroatoms. The maximum absolute atomic E-state index is 8.87. The van der Waals surface area contributed by atoms with Gasteiger partial charge in [-0.1, -0.05) is 17.7 Å². The summed E-state index contributed by atoms with van der Waals surface area (Å²) in [7, 11) is 0. The van der Waals surface area contributed by atoms with Crippen LogP contribution in [-0.4, -0.2) is 17.8 Å². The summed E-state index contributed by atoms with van der Waals surface area (Å²) in [6.45, 7) is 0.0147. The monoisotopic (exact) mass is 184 g/mol. The van der Waals surface area contributed by atoms with Crippen molar-refractivity contribution in [3.63, 3.8) is 0 Å². The van der Waals surface area contributed by atoms with Crippen molar-refractivity contribution in [3.8, 4) is 0 Å². The molecule has 2 rings (SSSR count). The van der Waals surface area contributed by atoms with Crippen molar-refractivity contribution in [2.24, 2.45) is 0 Å². The van der Waals surface area contributed by atoms with Crippen molar-refractivity contribution < 1.29 is 9.84 Å². The fourth-order valence-corrected chi connectivity index (χ4v) is 1.69. The van der Waals surface area contributed by atoms with Crippen LogP contribution < -0.4 is 0 Å². The van der Waals surface area contributed by atoms with Gasteiger partial charge in [0.1, 0.15) is 11.9 Å². The zero-order valence-electron chi connectivity index (χ0n) is 6.46. The van der Waals surface area contributed by atoms with Gasteiger partial charge in [0.2, 0.25) is 0 Å². The lowest BCUT2D eigenvalue weighted by Crippen LogP contribution is -2.21. The predicted octanol–water partition coefficient (Wildman–Crippen LogP) is 1.71. The first-order valence-corrected chi connectivity index (χ1v) is 4.24. The molecule has 1 heterocycles. The lowest BCUT2D eigenvalue weighted by atomic mass is 10.1. The lowest BCUT2D eigenvalue weighted by Gasteiger charge is -2.24. The third-order valence-electron chi connectivity index (χ3n) is 1.97. The minimum atomic E-state index is -0.174. The Labute approximate surface area is 75.8 Å². The Morgan fingerprint density at radius 1 is 1.67 bits per heavy atom. The number of aliphatic hydroxyl groups excluding tert-OH is 1. The number of ether oxygens (including phenoxy) is 1. The van der Waals surface area contributed by atoms with Gasteiger partial charge in [-0.3, -0.25) is 0 Å². The molecule has 1 N–H and O–H groups in total. The molecular weight excluding hydrogens is 176 g/mol. The first-order chi connectivity index (χ1) is 5.81. The smallest absolute Gasteiger partial charge is 0.128 e. The van der Waals surface area contributed by atoms with Gasteiger partial charge < -0.3 is 9.84 Å². The number of aliphatic hydroxyl groups is 1. The van der Waals surface area contributed by atoms with E-state index in [2.05, 4.69) is 0 Å². The number of halogens is 1. The van der Waals surface area contributed by atoms with Gasteiger partial charge in [0.15, 0.2) is 0 Å². The average Bonchev–Trinajstić information content (AvgIpc) is 2.52. The molecule has 2 aliphatic rings. The number of hydrogen-bond acceptors (Lipinski definition) is 2. The molecular formula is C9H9ClO2. The number of fused-ring (bicyclic) bond motifs is 1. The third-order valence-corrected chi connectivity index (χ3v) is 2.33. The lowest BCUT2D eigenvalue weighted by molar-refractivity contribution is 0.0589. The average molecular weight is 185 g/mol. The topological polar surface area (TPSA) is 29.5 Å². The first-order valence-electron chi connectivity index (χ1n) is 3.86. The fourth-order valence-electron chi connectivity index (χ4n) is 1.36. The summed E-state index contributed by atoms with van der Waals surface area (Å²) in [4.78, 5) is 0. The minimum absolute atomic E-state index is 0.0147. The Hall–Kier alpha value is -0.730. The van der Waals surface area contributed by atoms with E-state index in [1.165, 1.54) is 0 Å². The Bertz CT molecular complexity index is 289. The zero-order chi connectivity index (χ0) is 8.55. The molecule has 0 bridgehead atoms. The van der Waals surface area contributed by atoms with Crippen LogP contribution in [0.1, 0.15) is 6.42 Å². The van der Waals surface area contributed by atoms with E-state index in [0.717, 1.165) is 16.4 Å². The first kappa shape index (κ1) is 7.90. The van der Waals surface area contributed by atoms with Gasteiger partial charge in [0, 0.05) is 17.0 Å². The highest BCUT2D eigenvalue weighted by Gasteiger charge is 2.24. The summed E-state index contributed by atoms with van der Waals surface area (Å²) in [5.41, 5.74) is 0.960. The molecule has 0 aromatic heterocycles. The van der Waals surface area contributed by atoms with Crippen molar-refractivity contribution in [2.75, 3.05) is 6.61 Å². The highest BCUT2D eigenvalue weighted by atomic mass is 35.5. The molecule has 1 aliphatic carbocycles. The SMILES string of the molecule is OCC1CC(Cl)=C2C=CC=C2O1. The van der Waals surface area contributed by atoms with Gasteiger partial charge >= 0.3 is 0 Å².